The van der Waals surface area contributed by atoms with Crippen LogP contribution in [0.5, 0.6) is 0 Å². The van der Waals surface area contributed by atoms with Crippen molar-refractivity contribution in [2.24, 2.45) is 4.99 Å². The second kappa shape index (κ2) is 4.70. The molecule has 2 nitrogen and oxygen atoms in total. The van der Waals surface area contributed by atoms with Crippen LogP contribution in [0.25, 0.3) is 0 Å². The Morgan fingerprint density at radius 2 is 1.79 bits per heavy atom. The Morgan fingerprint density at radius 3 is 2.21 bits per heavy atom. The molecule has 0 saturated carbocycles. The maximum absolute atomic E-state index is 11.0. The van der Waals surface area contributed by atoms with Crippen LogP contribution in [0.4, 0.5) is 0 Å². The summed E-state index contributed by atoms with van der Waals surface area (Å²) in [5, 5.41) is 0. The van der Waals surface area contributed by atoms with Gasteiger partial charge in [0.15, 0.2) is 5.78 Å². The number of hydrogen-bond donors (Lipinski definition) is 0. The van der Waals surface area contributed by atoms with Crippen molar-refractivity contribution >= 4 is 11.5 Å². The fraction of sp³-hybridized carbons (Fsp3) is 0.333. The standard InChI is InChI=1S/C12H15NO/c1-9(13-3)8-11-4-6-12(7-5-11)10(2)14/h4-7H,8H2,1-3H3. The van der Waals surface area contributed by atoms with E-state index in [1.807, 2.05) is 31.2 Å². The van der Waals surface area contributed by atoms with Gasteiger partial charge in [-0.1, -0.05) is 24.3 Å². The zero-order valence-corrected chi connectivity index (χ0v) is 8.87. The van der Waals surface area contributed by atoms with Gasteiger partial charge in [-0.3, -0.25) is 9.79 Å². The number of rotatable bonds is 3. The quantitative estimate of drug-likeness (QED) is 0.530. The van der Waals surface area contributed by atoms with Crippen molar-refractivity contribution in [2.75, 3.05) is 7.05 Å². The molecule has 2 heteroatoms. The SMILES string of the molecule is CN=C(C)Cc1ccc(C(C)=O)cc1. The Morgan fingerprint density at radius 1 is 1.21 bits per heavy atom. The summed E-state index contributed by atoms with van der Waals surface area (Å²) >= 11 is 0. The summed E-state index contributed by atoms with van der Waals surface area (Å²) in [5.41, 5.74) is 3.05. The Kier molecular flexibility index (Phi) is 3.57. The molecule has 0 N–H and O–H groups in total. The number of hydrogen-bond acceptors (Lipinski definition) is 2. The van der Waals surface area contributed by atoms with E-state index in [1.54, 1.807) is 14.0 Å². The Labute approximate surface area is 84.7 Å². The topological polar surface area (TPSA) is 29.4 Å². The fourth-order valence-electron chi connectivity index (χ4n) is 1.23. The highest BCUT2D eigenvalue weighted by atomic mass is 16.1. The third-order valence-corrected chi connectivity index (χ3v) is 2.20. The molecular formula is C12H15NO. The number of carbonyl (C=O) groups is 1. The summed E-state index contributed by atoms with van der Waals surface area (Å²) in [4.78, 5) is 15.1. The van der Waals surface area contributed by atoms with Crippen LogP contribution >= 0.6 is 0 Å². The lowest BCUT2D eigenvalue weighted by Crippen LogP contribution is -1.98. The van der Waals surface area contributed by atoms with Crippen LogP contribution < -0.4 is 0 Å². The summed E-state index contributed by atoms with van der Waals surface area (Å²) < 4.78 is 0. The molecule has 0 aliphatic heterocycles. The normalized spacial score (nSPS) is 11.5. The van der Waals surface area contributed by atoms with Crippen molar-refractivity contribution in [1.82, 2.24) is 0 Å². The van der Waals surface area contributed by atoms with Crippen LogP contribution in [0.2, 0.25) is 0 Å². The van der Waals surface area contributed by atoms with E-state index in [0.717, 1.165) is 17.7 Å². The molecule has 0 bridgehead atoms. The monoisotopic (exact) mass is 189 g/mol. The van der Waals surface area contributed by atoms with Crippen LogP contribution in [-0.2, 0) is 6.42 Å². The van der Waals surface area contributed by atoms with Crippen molar-refractivity contribution in [3.05, 3.63) is 35.4 Å². The molecule has 0 amide bonds. The van der Waals surface area contributed by atoms with Crippen LogP contribution in [0, 0.1) is 0 Å². The van der Waals surface area contributed by atoms with Gasteiger partial charge >= 0.3 is 0 Å². The van der Waals surface area contributed by atoms with E-state index < -0.39 is 0 Å². The zero-order valence-electron chi connectivity index (χ0n) is 8.87. The first-order valence-electron chi connectivity index (χ1n) is 4.65. The smallest absolute Gasteiger partial charge is 0.159 e. The summed E-state index contributed by atoms with van der Waals surface area (Å²) in [6.45, 7) is 3.58. The molecule has 0 aliphatic rings. The molecule has 0 fully saturated rings. The predicted octanol–water partition coefficient (Wildman–Crippen LogP) is 2.52. The maximum Gasteiger partial charge on any atom is 0.159 e. The van der Waals surface area contributed by atoms with E-state index >= 15 is 0 Å². The summed E-state index contributed by atoms with van der Waals surface area (Å²) in [6, 6.07) is 7.68. The lowest BCUT2D eigenvalue weighted by Gasteiger charge is -2.01. The molecule has 1 aromatic carbocycles. The third kappa shape index (κ3) is 2.80. The second-order valence-corrected chi connectivity index (χ2v) is 3.39. The highest BCUT2D eigenvalue weighted by Crippen LogP contribution is 2.06. The van der Waals surface area contributed by atoms with Crippen molar-refractivity contribution in [1.29, 1.82) is 0 Å². The van der Waals surface area contributed by atoms with Crippen LogP contribution in [-0.4, -0.2) is 18.5 Å². The lowest BCUT2D eigenvalue weighted by atomic mass is 10.1. The Bertz CT molecular complexity index is 349. The first kappa shape index (κ1) is 10.6. The largest absolute Gasteiger partial charge is 0.297 e. The van der Waals surface area contributed by atoms with E-state index in [4.69, 9.17) is 0 Å². The highest BCUT2D eigenvalue weighted by molar-refractivity contribution is 5.94. The number of Topliss-reactive ketones (excluding diaryl/α,β-unsaturated/α-hetero) is 1. The van der Waals surface area contributed by atoms with Gasteiger partial charge in [0.25, 0.3) is 0 Å². The average molecular weight is 189 g/mol. The number of benzene rings is 1. The highest BCUT2D eigenvalue weighted by Gasteiger charge is 1.99. The molecule has 0 saturated heterocycles. The summed E-state index contributed by atoms with van der Waals surface area (Å²) in [5.74, 6) is 0.109. The molecular weight excluding hydrogens is 174 g/mol. The van der Waals surface area contributed by atoms with Crippen molar-refractivity contribution in [2.45, 2.75) is 20.3 Å². The summed E-state index contributed by atoms with van der Waals surface area (Å²) in [6.07, 6.45) is 0.856. The van der Waals surface area contributed by atoms with Gasteiger partial charge in [0.2, 0.25) is 0 Å². The van der Waals surface area contributed by atoms with E-state index in [1.165, 1.54) is 5.56 Å². The van der Waals surface area contributed by atoms with Gasteiger partial charge in [-0.2, -0.15) is 0 Å². The maximum atomic E-state index is 11.0. The van der Waals surface area contributed by atoms with Crippen LogP contribution in [0.3, 0.4) is 0 Å². The fourth-order valence-corrected chi connectivity index (χ4v) is 1.23. The van der Waals surface area contributed by atoms with Gasteiger partial charge < -0.3 is 0 Å². The van der Waals surface area contributed by atoms with Crippen LogP contribution in [0.1, 0.15) is 29.8 Å². The van der Waals surface area contributed by atoms with E-state index in [0.29, 0.717) is 0 Å². The molecule has 0 radical (unpaired) electrons. The minimum absolute atomic E-state index is 0.109. The zero-order chi connectivity index (χ0) is 10.6. The van der Waals surface area contributed by atoms with Gasteiger partial charge in [0, 0.05) is 24.7 Å². The molecule has 14 heavy (non-hydrogen) atoms. The van der Waals surface area contributed by atoms with E-state index in [9.17, 15) is 4.79 Å². The third-order valence-electron chi connectivity index (χ3n) is 2.20. The van der Waals surface area contributed by atoms with Gasteiger partial charge in [-0.25, -0.2) is 0 Å². The number of ketones is 1. The van der Waals surface area contributed by atoms with Crippen molar-refractivity contribution in [3.8, 4) is 0 Å². The van der Waals surface area contributed by atoms with E-state index in [-0.39, 0.29) is 5.78 Å². The molecule has 0 aliphatic carbocycles. The molecule has 0 heterocycles. The van der Waals surface area contributed by atoms with Gasteiger partial charge in [-0.15, -0.1) is 0 Å². The molecule has 74 valence electrons. The molecule has 0 atom stereocenters. The number of carbonyl (C=O) groups excluding carboxylic acids is 1. The molecule has 1 aromatic rings. The van der Waals surface area contributed by atoms with Gasteiger partial charge in [0.05, 0.1) is 0 Å². The van der Waals surface area contributed by atoms with Crippen molar-refractivity contribution in [3.63, 3.8) is 0 Å². The Hall–Kier alpha value is -1.44. The number of aliphatic imine (C=N–C) groups is 1. The molecule has 0 unspecified atom stereocenters. The Balaban J connectivity index is 2.79. The summed E-state index contributed by atoms with van der Waals surface area (Å²) in [7, 11) is 1.79. The van der Waals surface area contributed by atoms with Crippen LogP contribution in [0.15, 0.2) is 29.3 Å². The minimum Gasteiger partial charge on any atom is -0.297 e. The first-order valence-corrected chi connectivity index (χ1v) is 4.65. The van der Waals surface area contributed by atoms with Crippen molar-refractivity contribution < 1.29 is 4.79 Å². The lowest BCUT2D eigenvalue weighted by molar-refractivity contribution is 0.101. The molecule has 0 aromatic heterocycles. The molecule has 0 spiro atoms. The van der Waals surface area contributed by atoms with E-state index in [2.05, 4.69) is 4.99 Å². The van der Waals surface area contributed by atoms with Gasteiger partial charge in [-0.05, 0) is 19.4 Å². The predicted molar refractivity (Wildman–Crippen MR) is 59.2 cm³/mol. The minimum atomic E-state index is 0.109. The second-order valence-electron chi connectivity index (χ2n) is 3.39. The van der Waals surface area contributed by atoms with Gasteiger partial charge in [0.1, 0.15) is 0 Å². The average Bonchev–Trinajstić information content (AvgIpc) is 2.18. The first-order chi connectivity index (χ1) is 6.63. The number of nitrogens with zero attached hydrogens (tertiary/aromatic N) is 1. The molecule has 1 rings (SSSR count).